The molecule has 0 aromatic heterocycles. The van der Waals surface area contributed by atoms with Gasteiger partial charge < -0.3 is 15.0 Å². The lowest BCUT2D eigenvalue weighted by Crippen LogP contribution is -2.57. The number of nitrogens with one attached hydrogen (secondary N) is 2. The van der Waals surface area contributed by atoms with Gasteiger partial charge in [0.2, 0.25) is 21.8 Å². The van der Waals surface area contributed by atoms with Gasteiger partial charge in [0, 0.05) is 18.7 Å². The zero-order valence-electron chi connectivity index (χ0n) is 19.9. The number of nitrogens with zero attached hydrogens (tertiary/aromatic N) is 1. The van der Waals surface area contributed by atoms with Crippen molar-refractivity contribution in [3.8, 4) is 0 Å². The Labute approximate surface area is 196 Å². The summed E-state index contributed by atoms with van der Waals surface area (Å²) in [7, 11) is -4.02. The molecule has 1 aromatic carbocycles. The third kappa shape index (κ3) is 8.04. The van der Waals surface area contributed by atoms with Gasteiger partial charge in [-0.3, -0.25) is 9.59 Å². The number of carbonyl (C=O) groups is 2. The Morgan fingerprint density at radius 1 is 1.24 bits per heavy atom. The summed E-state index contributed by atoms with van der Waals surface area (Å²) in [6.07, 6.45) is 3.27. The van der Waals surface area contributed by atoms with Gasteiger partial charge in [0.05, 0.1) is 17.5 Å². The largest absolute Gasteiger partial charge is 0.376 e. The van der Waals surface area contributed by atoms with Crippen LogP contribution in [0.3, 0.4) is 0 Å². The van der Waals surface area contributed by atoms with Gasteiger partial charge in [0.25, 0.3) is 0 Å². The molecule has 0 unspecified atom stereocenters. The van der Waals surface area contributed by atoms with E-state index in [-0.39, 0.29) is 23.5 Å². The lowest BCUT2D eigenvalue weighted by atomic mass is 10.00. The second-order valence-electron chi connectivity index (χ2n) is 8.99. The number of hydrogen-bond acceptors (Lipinski definition) is 5. The molecule has 33 heavy (non-hydrogen) atoms. The first-order valence-electron chi connectivity index (χ1n) is 11.5. The molecule has 0 bridgehead atoms. The fourth-order valence-corrected chi connectivity index (χ4v) is 4.55. The van der Waals surface area contributed by atoms with E-state index in [1.807, 2.05) is 27.7 Å². The number of rotatable bonds is 12. The van der Waals surface area contributed by atoms with E-state index in [1.165, 1.54) is 4.90 Å². The van der Waals surface area contributed by atoms with E-state index in [1.54, 1.807) is 0 Å². The number of hydrogen-bond donors (Lipinski definition) is 2. The van der Waals surface area contributed by atoms with E-state index in [0.29, 0.717) is 19.4 Å². The third-order valence-electron chi connectivity index (χ3n) is 5.87. The first-order valence-corrected chi connectivity index (χ1v) is 13.0. The van der Waals surface area contributed by atoms with Crippen molar-refractivity contribution in [3.05, 3.63) is 30.1 Å². The minimum Gasteiger partial charge on any atom is -0.376 e. The lowest BCUT2D eigenvalue weighted by Gasteiger charge is -2.35. The maximum absolute atomic E-state index is 13.2. The summed E-state index contributed by atoms with van der Waals surface area (Å²) in [6.45, 7) is 8.01. The smallest absolute Gasteiger partial charge is 0.243 e. The number of ether oxygens (including phenoxy) is 1. The van der Waals surface area contributed by atoms with Gasteiger partial charge in [-0.05, 0) is 63.8 Å². The second-order valence-corrected chi connectivity index (χ2v) is 10.8. The topological polar surface area (TPSA) is 105 Å². The third-order valence-corrected chi connectivity index (χ3v) is 7.29. The van der Waals surface area contributed by atoms with Gasteiger partial charge in [0.15, 0.2) is 0 Å². The van der Waals surface area contributed by atoms with Gasteiger partial charge in [-0.1, -0.05) is 20.3 Å². The van der Waals surface area contributed by atoms with Crippen LogP contribution >= 0.6 is 0 Å². The molecule has 0 radical (unpaired) electrons. The van der Waals surface area contributed by atoms with Crippen LogP contribution in [-0.2, 0) is 24.3 Å². The van der Waals surface area contributed by atoms with Crippen LogP contribution in [0.2, 0.25) is 0 Å². The van der Waals surface area contributed by atoms with Crippen molar-refractivity contribution in [1.82, 2.24) is 14.9 Å². The van der Waals surface area contributed by atoms with Crippen molar-refractivity contribution < 1.29 is 27.1 Å². The number of benzene rings is 1. The SMILES string of the molecule is CCC[C@@H](C(=O)NC(C)(C)CC)N(C[C@@H]1CCCO1)C(=O)CNS(=O)(=O)c1ccc(F)cc1. The summed E-state index contributed by atoms with van der Waals surface area (Å²) in [5.41, 5.74) is -0.439. The minimum atomic E-state index is -4.02. The molecule has 1 saturated heterocycles. The minimum absolute atomic E-state index is 0.144. The Bertz CT molecular complexity index is 899. The molecular formula is C23H36FN3O5S. The molecule has 2 amide bonds. The molecule has 1 aromatic rings. The first-order chi connectivity index (χ1) is 15.5. The Hall–Kier alpha value is -2.04. The highest BCUT2D eigenvalue weighted by molar-refractivity contribution is 7.89. The number of sulfonamides is 1. The zero-order valence-corrected chi connectivity index (χ0v) is 20.7. The number of halogens is 1. The van der Waals surface area contributed by atoms with Gasteiger partial charge in [-0.25, -0.2) is 17.5 Å². The summed E-state index contributed by atoms with van der Waals surface area (Å²) in [4.78, 5) is 27.7. The monoisotopic (exact) mass is 485 g/mol. The molecule has 2 N–H and O–H groups in total. The van der Waals surface area contributed by atoms with E-state index in [4.69, 9.17) is 4.74 Å². The normalized spacial score (nSPS) is 17.5. The molecule has 1 aliphatic heterocycles. The molecule has 1 aliphatic rings. The van der Waals surface area contributed by atoms with Crippen LogP contribution in [0.5, 0.6) is 0 Å². The van der Waals surface area contributed by atoms with Gasteiger partial charge in [-0.2, -0.15) is 0 Å². The van der Waals surface area contributed by atoms with E-state index >= 15 is 0 Å². The maximum Gasteiger partial charge on any atom is 0.243 e. The van der Waals surface area contributed by atoms with Crippen molar-refractivity contribution in [2.45, 2.75) is 82.4 Å². The fraction of sp³-hybridized carbons (Fsp3) is 0.652. The van der Waals surface area contributed by atoms with E-state index in [2.05, 4.69) is 10.0 Å². The van der Waals surface area contributed by atoms with Crippen molar-refractivity contribution in [2.75, 3.05) is 19.7 Å². The molecule has 0 aliphatic carbocycles. The predicted octanol–water partition coefficient (Wildman–Crippen LogP) is 2.59. The van der Waals surface area contributed by atoms with Gasteiger partial charge >= 0.3 is 0 Å². The predicted molar refractivity (Wildman–Crippen MR) is 123 cm³/mol. The molecule has 2 rings (SSSR count). The summed E-state index contributed by atoms with van der Waals surface area (Å²) in [6, 6.07) is 3.60. The van der Waals surface area contributed by atoms with Crippen LogP contribution in [0.25, 0.3) is 0 Å². The first kappa shape index (κ1) is 27.2. The summed E-state index contributed by atoms with van der Waals surface area (Å²) >= 11 is 0. The van der Waals surface area contributed by atoms with E-state index in [0.717, 1.165) is 43.5 Å². The van der Waals surface area contributed by atoms with Crippen LogP contribution in [0, 0.1) is 5.82 Å². The van der Waals surface area contributed by atoms with Crippen LogP contribution in [0.4, 0.5) is 4.39 Å². The van der Waals surface area contributed by atoms with Crippen LogP contribution < -0.4 is 10.0 Å². The van der Waals surface area contributed by atoms with E-state index in [9.17, 15) is 22.4 Å². The molecule has 10 heteroatoms. The highest BCUT2D eigenvalue weighted by atomic mass is 32.2. The Morgan fingerprint density at radius 3 is 2.45 bits per heavy atom. The second kappa shape index (κ2) is 11.9. The van der Waals surface area contributed by atoms with Crippen molar-refractivity contribution in [2.24, 2.45) is 0 Å². The van der Waals surface area contributed by atoms with Crippen LogP contribution in [-0.4, -0.2) is 62.5 Å². The molecule has 8 nitrogen and oxygen atoms in total. The Kier molecular flexibility index (Phi) is 9.81. The lowest BCUT2D eigenvalue weighted by molar-refractivity contribution is -0.142. The van der Waals surface area contributed by atoms with Gasteiger partial charge in [0.1, 0.15) is 11.9 Å². The number of amides is 2. The zero-order chi connectivity index (χ0) is 24.6. The Balaban J connectivity index is 2.21. The summed E-state index contributed by atoms with van der Waals surface area (Å²) in [5.74, 6) is -1.34. The average molecular weight is 486 g/mol. The molecule has 1 heterocycles. The quantitative estimate of drug-likeness (QED) is 0.474. The molecule has 0 spiro atoms. The van der Waals surface area contributed by atoms with Crippen LogP contribution in [0.1, 0.15) is 59.8 Å². The summed E-state index contributed by atoms with van der Waals surface area (Å²) < 4.78 is 46.2. The highest BCUT2D eigenvalue weighted by Crippen LogP contribution is 2.19. The molecular weight excluding hydrogens is 449 g/mol. The van der Waals surface area contributed by atoms with Gasteiger partial charge in [-0.15, -0.1) is 0 Å². The van der Waals surface area contributed by atoms with Crippen molar-refractivity contribution >= 4 is 21.8 Å². The molecule has 2 atom stereocenters. The van der Waals surface area contributed by atoms with E-state index < -0.39 is 39.9 Å². The molecule has 0 saturated carbocycles. The molecule has 186 valence electrons. The maximum atomic E-state index is 13.2. The average Bonchev–Trinajstić information content (AvgIpc) is 3.28. The van der Waals surface area contributed by atoms with Crippen molar-refractivity contribution in [3.63, 3.8) is 0 Å². The fourth-order valence-electron chi connectivity index (χ4n) is 3.57. The Morgan fingerprint density at radius 2 is 1.91 bits per heavy atom. The van der Waals surface area contributed by atoms with Crippen molar-refractivity contribution in [1.29, 1.82) is 0 Å². The molecule has 1 fully saturated rings. The summed E-state index contributed by atoms with van der Waals surface area (Å²) in [5, 5.41) is 3.01. The number of carbonyl (C=O) groups excluding carboxylic acids is 2. The highest BCUT2D eigenvalue weighted by Gasteiger charge is 2.34. The standard InChI is InChI=1S/C23H36FN3O5S/c1-5-8-20(22(29)26-23(3,4)6-2)27(16-18-9-7-14-32-18)21(28)15-25-33(30,31)19-12-10-17(24)11-13-19/h10-13,18,20,25H,5-9,14-16H2,1-4H3,(H,26,29)/t18-,20-/m0/s1. The van der Waals surface area contributed by atoms with Crippen LogP contribution in [0.15, 0.2) is 29.2 Å².